The van der Waals surface area contributed by atoms with Crippen molar-refractivity contribution < 1.29 is 19.1 Å². The topological polar surface area (TPSA) is 71.1 Å². The summed E-state index contributed by atoms with van der Waals surface area (Å²) in [6.45, 7) is 6.34. The van der Waals surface area contributed by atoms with Crippen molar-refractivity contribution in [2.45, 2.75) is 70.8 Å². The number of hydrogen-bond donors (Lipinski definition) is 1. The van der Waals surface area contributed by atoms with Gasteiger partial charge in [-0.25, -0.2) is 0 Å². The Bertz CT molecular complexity index is 1090. The van der Waals surface area contributed by atoms with E-state index in [1.165, 1.54) is 24.8 Å². The normalized spacial score (nSPS) is 17.0. The molecule has 0 bridgehead atoms. The highest BCUT2D eigenvalue weighted by molar-refractivity contribution is 5.94. The van der Waals surface area contributed by atoms with Gasteiger partial charge in [0.15, 0.2) is 11.5 Å². The number of carbonyl (C=O) groups is 2. The lowest BCUT2D eigenvalue weighted by molar-refractivity contribution is -0.126. The summed E-state index contributed by atoms with van der Waals surface area (Å²) in [7, 11) is 3.26. The fourth-order valence-corrected chi connectivity index (χ4v) is 6.05. The Morgan fingerprint density at radius 2 is 1.50 bits per heavy atom. The molecule has 2 aromatic carbocycles. The molecule has 7 nitrogen and oxygen atoms in total. The molecule has 0 radical (unpaired) electrons. The van der Waals surface area contributed by atoms with Gasteiger partial charge in [-0.2, -0.15) is 0 Å². The second-order valence-electron chi connectivity index (χ2n) is 11.2. The number of likely N-dealkylation sites (tertiary alicyclic amines) is 2. The predicted molar refractivity (Wildman–Crippen MR) is 159 cm³/mol. The summed E-state index contributed by atoms with van der Waals surface area (Å²) in [6, 6.07) is 14.6. The number of amides is 2. The minimum atomic E-state index is 0.0771. The molecular weight excluding hydrogens is 502 g/mol. The van der Waals surface area contributed by atoms with E-state index in [9.17, 15) is 9.59 Å². The van der Waals surface area contributed by atoms with Crippen molar-refractivity contribution in [3.05, 3.63) is 59.2 Å². The fraction of sp³-hybridized carbons (Fsp3) is 0.576. The summed E-state index contributed by atoms with van der Waals surface area (Å²) in [5, 5.41) is 3.14. The van der Waals surface area contributed by atoms with Gasteiger partial charge in [0.25, 0.3) is 5.91 Å². The first-order valence-corrected chi connectivity index (χ1v) is 15.1. The zero-order valence-electron chi connectivity index (χ0n) is 24.6. The van der Waals surface area contributed by atoms with E-state index in [1.54, 1.807) is 14.2 Å². The summed E-state index contributed by atoms with van der Waals surface area (Å²) in [5.41, 5.74) is 3.23. The van der Waals surface area contributed by atoms with E-state index in [0.717, 1.165) is 75.8 Å². The average molecular weight is 550 g/mol. The van der Waals surface area contributed by atoms with Crippen molar-refractivity contribution >= 4 is 11.8 Å². The number of aryl methyl sites for hydroxylation is 1. The number of ether oxygens (including phenoxy) is 2. The van der Waals surface area contributed by atoms with E-state index in [-0.39, 0.29) is 17.7 Å². The Balaban J connectivity index is 1.15. The lowest BCUT2D eigenvalue weighted by atomic mass is 9.92. The molecule has 2 amide bonds. The molecule has 40 heavy (non-hydrogen) atoms. The van der Waals surface area contributed by atoms with Crippen LogP contribution >= 0.6 is 0 Å². The summed E-state index contributed by atoms with van der Waals surface area (Å²) in [4.78, 5) is 30.4. The average Bonchev–Trinajstić information content (AvgIpc) is 3.01. The number of rotatable bonds is 12. The van der Waals surface area contributed by atoms with Crippen LogP contribution in [-0.4, -0.2) is 74.6 Å². The molecule has 0 saturated carbocycles. The van der Waals surface area contributed by atoms with E-state index < -0.39 is 0 Å². The van der Waals surface area contributed by atoms with Gasteiger partial charge in [-0.15, -0.1) is 0 Å². The summed E-state index contributed by atoms with van der Waals surface area (Å²) >= 11 is 0. The van der Waals surface area contributed by atoms with Crippen molar-refractivity contribution in [1.82, 2.24) is 15.1 Å². The molecule has 0 unspecified atom stereocenters. The van der Waals surface area contributed by atoms with Crippen LogP contribution in [0.4, 0.5) is 0 Å². The van der Waals surface area contributed by atoms with Crippen molar-refractivity contribution in [2.75, 3.05) is 46.9 Å². The van der Waals surface area contributed by atoms with Crippen LogP contribution in [0.3, 0.4) is 0 Å². The predicted octanol–water partition coefficient (Wildman–Crippen LogP) is 5.11. The Morgan fingerprint density at radius 1 is 0.825 bits per heavy atom. The Labute approximate surface area is 240 Å². The zero-order valence-corrected chi connectivity index (χ0v) is 24.6. The van der Waals surface area contributed by atoms with Gasteiger partial charge in [-0.1, -0.05) is 38.0 Å². The molecule has 7 heteroatoms. The molecule has 0 atom stereocenters. The molecule has 2 heterocycles. The van der Waals surface area contributed by atoms with Crippen LogP contribution < -0.4 is 14.8 Å². The molecule has 2 aliphatic rings. The largest absolute Gasteiger partial charge is 0.493 e. The number of hydrogen-bond acceptors (Lipinski definition) is 5. The Hall–Kier alpha value is -3.06. The van der Waals surface area contributed by atoms with Crippen LogP contribution in [0.2, 0.25) is 0 Å². The van der Waals surface area contributed by atoms with E-state index in [1.807, 2.05) is 35.2 Å². The van der Waals surface area contributed by atoms with Crippen LogP contribution in [0.5, 0.6) is 11.5 Å². The van der Waals surface area contributed by atoms with Gasteiger partial charge in [0.05, 0.1) is 14.2 Å². The SMILES string of the molecule is CCCCCc1ccc(C(=O)N2CCC(N3CCC(C(=O)NCCc4ccc(OC)c(OC)c4)CC3)CC2)cc1. The van der Waals surface area contributed by atoms with Gasteiger partial charge in [-0.3, -0.25) is 9.59 Å². The first-order chi connectivity index (χ1) is 19.5. The van der Waals surface area contributed by atoms with Crippen LogP contribution in [0.15, 0.2) is 42.5 Å². The molecule has 2 aliphatic heterocycles. The van der Waals surface area contributed by atoms with Gasteiger partial charge in [0, 0.05) is 37.2 Å². The highest BCUT2D eigenvalue weighted by Gasteiger charge is 2.31. The second-order valence-corrected chi connectivity index (χ2v) is 11.2. The minimum absolute atomic E-state index is 0.0771. The lowest BCUT2D eigenvalue weighted by Crippen LogP contribution is -2.50. The number of unbranched alkanes of at least 4 members (excludes halogenated alkanes) is 2. The van der Waals surface area contributed by atoms with Gasteiger partial charge in [0.2, 0.25) is 5.91 Å². The first-order valence-electron chi connectivity index (χ1n) is 15.1. The molecule has 2 saturated heterocycles. The number of benzene rings is 2. The maximum absolute atomic E-state index is 13.1. The van der Waals surface area contributed by atoms with E-state index in [0.29, 0.717) is 24.1 Å². The van der Waals surface area contributed by atoms with Crippen molar-refractivity contribution in [3.8, 4) is 11.5 Å². The highest BCUT2D eigenvalue weighted by Crippen LogP contribution is 2.28. The number of nitrogens with zero attached hydrogens (tertiary/aromatic N) is 2. The molecule has 0 spiro atoms. The molecule has 0 aliphatic carbocycles. The molecule has 218 valence electrons. The van der Waals surface area contributed by atoms with Gasteiger partial charge < -0.3 is 24.6 Å². The Morgan fingerprint density at radius 3 is 2.15 bits per heavy atom. The minimum Gasteiger partial charge on any atom is -0.493 e. The maximum Gasteiger partial charge on any atom is 0.253 e. The van der Waals surface area contributed by atoms with Gasteiger partial charge in [-0.05, 0) is 93.4 Å². The lowest BCUT2D eigenvalue weighted by Gasteiger charge is -2.41. The van der Waals surface area contributed by atoms with Crippen LogP contribution in [0.25, 0.3) is 0 Å². The molecular formula is C33H47N3O4. The van der Waals surface area contributed by atoms with Crippen LogP contribution in [-0.2, 0) is 17.6 Å². The van der Waals surface area contributed by atoms with Crippen molar-refractivity contribution in [3.63, 3.8) is 0 Å². The third-order valence-electron chi connectivity index (χ3n) is 8.60. The second kappa shape index (κ2) is 15.1. The van der Waals surface area contributed by atoms with Crippen LogP contribution in [0.1, 0.15) is 73.4 Å². The summed E-state index contributed by atoms with van der Waals surface area (Å²) < 4.78 is 10.7. The van der Waals surface area contributed by atoms with Gasteiger partial charge in [0.1, 0.15) is 0 Å². The summed E-state index contributed by atoms with van der Waals surface area (Å²) in [6.07, 6.45) is 9.32. The standard InChI is InChI=1S/C33H47N3O4/c1-4-5-6-7-25-8-11-28(12-9-25)33(38)36-22-17-29(18-23-36)35-20-15-27(16-21-35)32(37)34-19-14-26-10-13-30(39-2)31(24-26)40-3/h8-13,24,27,29H,4-7,14-23H2,1-3H3,(H,34,37). The smallest absolute Gasteiger partial charge is 0.253 e. The van der Waals surface area contributed by atoms with Crippen molar-refractivity contribution in [1.29, 1.82) is 0 Å². The van der Waals surface area contributed by atoms with Crippen molar-refractivity contribution in [2.24, 2.45) is 5.92 Å². The zero-order chi connectivity index (χ0) is 28.3. The molecule has 0 aromatic heterocycles. The number of nitrogens with one attached hydrogen (secondary N) is 1. The quantitative estimate of drug-likeness (QED) is 0.373. The Kier molecular flexibility index (Phi) is 11.3. The molecule has 2 aromatic rings. The van der Waals surface area contributed by atoms with Gasteiger partial charge >= 0.3 is 0 Å². The first kappa shape index (κ1) is 29.9. The van der Waals surface area contributed by atoms with E-state index in [4.69, 9.17) is 9.47 Å². The maximum atomic E-state index is 13.1. The third-order valence-corrected chi connectivity index (χ3v) is 8.60. The monoisotopic (exact) mass is 549 g/mol. The number of piperidine rings is 2. The highest BCUT2D eigenvalue weighted by atomic mass is 16.5. The summed E-state index contributed by atoms with van der Waals surface area (Å²) in [5.74, 6) is 1.81. The third kappa shape index (κ3) is 8.00. The fourth-order valence-electron chi connectivity index (χ4n) is 6.05. The van der Waals surface area contributed by atoms with E-state index in [2.05, 4.69) is 29.3 Å². The number of carbonyl (C=O) groups excluding carboxylic acids is 2. The molecule has 2 fully saturated rings. The molecule has 1 N–H and O–H groups in total. The number of methoxy groups -OCH3 is 2. The molecule has 4 rings (SSSR count). The van der Waals surface area contributed by atoms with E-state index >= 15 is 0 Å². The van der Waals surface area contributed by atoms with Crippen LogP contribution in [0, 0.1) is 5.92 Å².